The summed E-state index contributed by atoms with van der Waals surface area (Å²) in [7, 11) is 0. The Morgan fingerprint density at radius 2 is 2.20 bits per heavy atom. The predicted molar refractivity (Wildman–Crippen MR) is 43.6 cm³/mol. The zero-order valence-corrected chi connectivity index (χ0v) is 6.89. The largest absolute Gasteiger partial charge is 0.498 e. The minimum atomic E-state index is 0.564. The van der Waals surface area contributed by atoms with Crippen molar-refractivity contribution in [2.45, 2.75) is 20.3 Å². The van der Waals surface area contributed by atoms with Crippen LogP contribution in [0.5, 0.6) is 0 Å². The fourth-order valence-corrected chi connectivity index (χ4v) is 0.518. The number of ether oxygens (including phenoxy) is 1. The van der Waals surface area contributed by atoms with Crippen LogP contribution in [0.4, 0.5) is 0 Å². The molecule has 0 radical (unpaired) electrons. The monoisotopic (exact) mass is 143 g/mol. The lowest BCUT2D eigenvalue weighted by molar-refractivity contribution is 0.173. The summed E-state index contributed by atoms with van der Waals surface area (Å²) in [6.07, 6.45) is 0.771. The van der Waals surface area contributed by atoms with Crippen LogP contribution in [0.1, 0.15) is 20.3 Å². The SMILES string of the molecule is C=C(CCN)OCC(C)C. The van der Waals surface area contributed by atoms with E-state index >= 15 is 0 Å². The quantitative estimate of drug-likeness (QED) is 0.592. The van der Waals surface area contributed by atoms with Gasteiger partial charge in [-0.15, -0.1) is 0 Å². The minimum absolute atomic E-state index is 0.564. The molecule has 0 aromatic carbocycles. The fraction of sp³-hybridized carbons (Fsp3) is 0.750. The Morgan fingerprint density at radius 3 is 2.60 bits per heavy atom. The van der Waals surface area contributed by atoms with E-state index in [9.17, 15) is 0 Å². The maximum Gasteiger partial charge on any atom is 0.0900 e. The van der Waals surface area contributed by atoms with E-state index < -0.39 is 0 Å². The van der Waals surface area contributed by atoms with Gasteiger partial charge >= 0.3 is 0 Å². The number of hydrogen-bond acceptors (Lipinski definition) is 2. The van der Waals surface area contributed by atoms with Gasteiger partial charge < -0.3 is 10.5 Å². The molecular formula is C8H17NO. The van der Waals surface area contributed by atoms with Crippen LogP contribution in [0.3, 0.4) is 0 Å². The molecule has 0 aromatic heterocycles. The van der Waals surface area contributed by atoms with E-state index in [4.69, 9.17) is 10.5 Å². The first-order chi connectivity index (χ1) is 4.66. The van der Waals surface area contributed by atoms with Crippen molar-refractivity contribution in [3.63, 3.8) is 0 Å². The summed E-state index contributed by atoms with van der Waals surface area (Å²) < 4.78 is 5.27. The van der Waals surface area contributed by atoms with Gasteiger partial charge in [0.25, 0.3) is 0 Å². The van der Waals surface area contributed by atoms with Crippen molar-refractivity contribution < 1.29 is 4.74 Å². The molecule has 0 fully saturated rings. The molecule has 0 bridgehead atoms. The Bertz CT molecular complexity index is 99.4. The summed E-state index contributed by atoms with van der Waals surface area (Å²) in [6.45, 7) is 9.30. The van der Waals surface area contributed by atoms with Crippen LogP contribution in [0.2, 0.25) is 0 Å². The van der Waals surface area contributed by atoms with Crippen LogP contribution >= 0.6 is 0 Å². The lowest BCUT2D eigenvalue weighted by Crippen LogP contribution is -2.05. The molecular weight excluding hydrogens is 126 g/mol. The topological polar surface area (TPSA) is 35.2 Å². The van der Waals surface area contributed by atoms with Gasteiger partial charge in [0.1, 0.15) is 0 Å². The van der Waals surface area contributed by atoms with Crippen LogP contribution in [0.15, 0.2) is 12.3 Å². The first kappa shape index (κ1) is 9.50. The molecule has 0 aliphatic carbocycles. The third-order valence-electron chi connectivity index (χ3n) is 1.04. The Morgan fingerprint density at radius 1 is 1.60 bits per heavy atom. The fourth-order valence-electron chi connectivity index (χ4n) is 0.518. The second-order valence-electron chi connectivity index (χ2n) is 2.78. The number of rotatable bonds is 5. The van der Waals surface area contributed by atoms with Crippen molar-refractivity contribution in [1.82, 2.24) is 0 Å². The third kappa shape index (κ3) is 5.63. The van der Waals surface area contributed by atoms with E-state index in [2.05, 4.69) is 20.4 Å². The molecule has 2 nitrogen and oxygen atoms in total. The molecule has 0 saturated carbocycles. The maximum absolute atomic E-state index is 5.29. The van der Waals surface area contributed by atoms with Crippen molar-refractivity contribution in [3.05, 3.63) is 12.3 Å². The Kier molecular flexibility index (Phi) is 5.03. The van der Waals surface area contributed by atoms with Crippen LogP contribution in [-0.4, -0.2) is 13.2 Å². The van der Waals surface area contributed by atoms with E-state index in [1.165, 1.54) is 0 Å². The average molecular weight is 143 g/mol. The predicted octanol–water partition coefficient (Wildman–Crippen LogP) is 1.52. The maximum atomic E-state index is 5.29. The first-order valence-corrected chi connectivity index (χ1v) is 3.67. The molecule has 0 unspecified atom stereocenters. The van der Waals surface area contributed by atoms with E-state index in [1.807, 2.05) is 0 Å². The molecule has 0 saturated heterocycles. The lowest BCUT2D eigenvalue weighted by atomic mass is 10.2. The third-order valence-corrected chi connectivity index (χ3v) is 1.04. The second-order valence-corrected chi connectivity index (χ2v) is 2.78. The summed E-state index contributed by atoms with van der Waals surface area (Å²) in [4.78, 5) is 0. The molecule has 10 heavy (non-hydrogen) atoms. The van der Waals surface area contributed by atoms with E-state index in [0.29, 0.717) is 12.5 Å². The van der Waals surface area contributed by atoms with Crippen LogP contribution in [0.25, 0.3) is 0 Å². The zero-order chi connectivity index (χ0) is 7.98. The van der Waals surface area contributed by atoms with Crippen LogP contribution in [-0.2, 0) is 4.74 Å². The van der Waals surface area contributed by atoms with E-state index in [1.54, 1.807) is 0 Å². The second kappa shape index (κ2) is 5.30. The zero-order valence-electron chi connectivity index (χ0n) is 6.89. The molecule has 0 aliphatic heterocycles. The number of nitrogens with two attached hydrogens (primary N) is 1. The van der Waals surface area contributed by atoms with Gasteiger partial charge in [0.05, 0.1) is 12.4 Å². The highest BCUT2D eigenvalue weighted by atomic mass is 16.5. The normalized spacial score (nSPS) is 10.0. The van der Waals surface area contributed by atoms with Crippen molar-refractivity contribution in [2.24, 2.45) is 11.7 Å². The highest BCUT2D eigenvalue weighted by Crippen LogP contribution is 2.01. The lowest BCUT2D eigenvalue weighted by Gasteiger charge is -2.09. The number of hydrogen-bond donors (Lipinski definition) is 1. The molecule has 0 aromatic rings. The summed E-state index contributed by atoms with van der Waals surface area (Å²) in [5.74, 6) is 1.37. The molecule has 2 heteroatoms. The molecule has 0 spiro atoms. The van der Waals surface area contributed by atoms with Gasteiger partial charge in [-0.1, -0.05) is 20.4 Å². The van der Waals surface area contributed by atoms with Crippen molar-refractivity contribution >= 4 is 0 Å². The molecule has 60 valence electrons. The van der Waals surface area contributed by atoms with Crippen LogP contribution in [0, 0.1) is 5.92 Å². The van der Waals surface area contributed by atoms with Gasteiger partial charge in [-0.25, -0.2) is 0 Å². The average Bonchev–Trinajstić information content (AvgIpc) is 1.85. The molecule has 0 rings (SSSR count). The van der Waals surface area contributed by atoms with Crippen molar-refractivity contribution in [2.75, 3.05) is 13.2 Å². The standard InChI is InChI=1S/C8H17NO/c1-7(2)6-10-8(3)4-5-9/h7H,3-6,9H2,1-2H3. The summed E-state index contributed by atoms with van der Waals surface area (Å²) >= 11 is 0. The summed E-state index contributed by atoms with van der Waals surface area (Å²) in [5, 5.41) is 0. The minimum Gasteiger partial charge on any atom is -0.498 e. The molecule has 0 heterocycles. The van der Waals surface area contributed by atoms with E-state index in [0.717, 1.165) is 18.8 Å². The van der Waals surface area contributed by atoms with Crippen LogP contribution < -0.4 is 5.73 Å². The van der Waals surface area contributed by atoms with Crippen molar-refractivity contribution in [1.29, 1.82) is 0 Å². The van der Waals surface area contributed by atoms with Crippen molar-refractivity contribution in [3.8, 4) is 0 Å². The Balaban J connectivity index is 3.22. The summed E-state index contributed by atoms with van der Waals surface area (Å²) in [6, 6.07) is 0. The molecule has 0 amide bonds. The van der Waals surface area contributed by atoms with Gasteiger partial charge in [0, 0.05) is 6.42 Å². The molecule has 0 atom stereocenters. The van der Waals surface area contributed by atoms with Gasteiger partial charge in [0.15, 0.2) is 0 Å². The Hall–Kier alpha value is -0.500. The van der Waals surface area contributed by atoms with E-state index in [-0.39, 0.29) is 0 Å². The van der Waals surface area contributed by atoms with Gasteiger partial charge in [-0.3, -0.25) is 0 Å². The first-order valence-electron chi connectivity index (χ1n) is 3.67. The molecule has 2 N–H and O–H groups in total. The van der Waals surface area contributed by atoms with Gasteiger partial charge in [-0.2, -0.15) is 0 Å². The molecule has 0 aliphatic rings. The van der Waals surface area contributed by atoms with Gasteiger partial charge in [0.2, 0.25) is 0 Å². The van der Waals surface area contributed by atoms with Gasteiger partial charge in [-0.05, 0) is 12.5 Å². The smallest absolute Gasteiger partial charge is 0.0900 e. The summed E-state index contributed by atoms with van der Waals surface area (Å²) in [5.41, 5.74) is 5.29. The highest BCUT2D eigenvalue weighted by molar-refractivity contribution is 4.82. The Labute approximate surface area is 63.1 Å². The highest BCUT2D eigenvalue weighted by Gasteiger charge is 1.95.